The van der Waals surface area contributed by atoms with Crippen molar-refractivity contribution in [1.29, 1.82) is 0 Å². The number of anilines is 2. The van der Waals surface area contributed by atoms with Crippen molar-refractivity contribution in [3.05, 3.63) is 58.1 Å². The Labute approximate surface area is 171 Å². The number of benzene rings is 2. The van der Waals surface area contributed by atoms with Crippen LogP contribution in [0.25, 0.3) is 10.2 Å². The highest BCUT2D eigenvalue weighted by atomic mass is 127. The van der Waals surface area contributed by atoms with Crippen LogP contribution >= 0.6 is 34.1 Å². The predicted molar refractivity (Wildman–Crippen MR) is 109 cm³/mol. The fraction of sp³-hybridized carbons (Fsp3) is 0.118. The number of halogens is 2. The molecule has 0 bridgehead atoms. The number of carbonyl (C=O) groups excluding carboxylic acids is 1. The van der Waals surface area contributed by atoms with Crippen LogP contribution in [0.4, 0.5) is 15.8 Å². The van der Waals surface area contributed by atoms with Crippen LogP contribution in [0.2, 0.25) is 0 Å². The molecule has 2 N–H and O–H groups in total. The molecule has 0 aliphatic heterocycles. The lowest BCUT2D eigenvalue weighted by Crippen LogP contribution is -2.26. The number of carbonyl (C=O) groups is 1. The number of aromatic nitrogens is 2. The van der Waals surface area contributed by atoms with E-state index >= 15 is 0 Å². The van der Waals surface area contributed by atoms with Gasteiger partial charge in [0.25, 0.3) is 5.91 Å². The molecule has 7 nitrogen and oxygen atoms in total. The number of amides is 1. The maximum absolute atomic E-state index is 14.3. The van der Waals surface area contributed by atoms with Gasteiger partial charge in [0.1, 0.15) is 24.5 Å². The molecule has 3 aromatic rings. The average Bonchev–Trinajstić information content (AvgIpc) is 3.13. The maximum Gasteiger partial charge on any atom is 0.277 e. The van der Waals surface area contributed by atoms with Gasteiger partial charge in [-0.25, -0.2) is 9.87 Å². The number of rotatable bonds is 8. The Bertz CT molecular complexity index is 982. The Morgan fingerprint density at radius 1 is 1.33 bits per heavy atom. The minimum atomic E-state index is -0.489. The smallest absolute Gasteiger partial charge is 0.277 e. The van der Waals surface area contributed by atoms with E-state index in [0.717, 1.165) is 15.1 Å². The molecule has 0 spiro atoms. The van der Waals surface area contributed by atoms with Gasteiger partial charge in [-0.15, -0.1) is 5.10 Å². The molecule has 0 atom stereocenters. The van der Waals surface area contributed by atoms with E-state index in [1.807, 2.05) is 22.6 Å². The van der Waals surface area contributed by atoms with E-state index in [4.69, 9.17) is 9.57 Å². The van der Waals surface area contributed by atoms with Crippen LogP contribution in [0.5, 0.6) is 0 Å². The van der Waals surface area contributed by atoms with Crippen LogP contribution in [-0.2, 0) is 9.57 Å². The van der Waals surface area contributed by atoms with Gasteiger partial charge in [0, 0.05) is 3.57 Å². The zero-order valence-electron chi connectivity index (χ0n) is 13.9. The molecule has 0 unspecified atom stereocenters. The first-order valence-corrected chi connectivity index (χ1v) is 9.57. The molecule has 0 aliphatic carbocycles. The molecule has 1 heterocycles. The predicted octanol–water partition coefficient (Wildman–Crippen LogP) is 4.00. The summed E-state index contributed by atoms with van der Waals surface area (Å²) in [6, 6.07) is 8.02. The topological polar surface area (TPSA) is 85.4 Å². The molecule has 2 aromatic carbocycles. The van der Waals surface area contributed by atoms with Gasteiger partial charge in [-0.1, -0.05) is 11.1 Å². The second-order valence-corrected chi connectivity index (χ2v) is 7.18. The third-order valence-electron chi connectivity index (χ3n) is 3.44. The van der Waals surface area contributed by atoms with Crippen LogP contribution in [0.1, 0.15) is 10.4 Å². The van der Waals surface area contributed by atoms with E-state index in [-0.39, 0.29) is 24.5 Å². The number of fused-ring (bicyclic) bond motifs is 1. The molecule has 0 radical (unpaired) electrons. The van der Waals surface area contributed by atoms with Crippen molar-refractivity contribution in [1.82, 2.24) is 15.1 Å². The standard InChI is InChI=1S/C17H14FIN4O3S/c1-2-25-7-8-26-22-17(24)11-4-6-14-16(27-23-21-14)15(11)20-13-5-3-10(19)9-12(13)18/h2-6,9,20H,1,7-8H2,(H,22,24). The quantitative estimate of drug-likeness (QED) is 0.211. The molecule has 3 rings (SSSR count). The number of nitrogens with zero attached hydrogens (tertiary/aromatic N) is 2. The van der Waals surface area contributed by atoms with Crippen molar-refractivity contribution in [3.63, 3.8) is 0 Å². The Hall–Kier alpha value is -2.31. The van der Waals surface area contributed by atoms with E-state index in [2.05, 4.69) is 27.0 Å². The number of hydrogen-bond acceptors (Lipinski definition) is 7. The van der Waals surface area contributed by atoms with Gasteiger partial charge >= 0.3 is 0 Å². The van der Waals surface area contributed by atoms with Crippen molar-refractivity contribution in [2.75, 3.05) is 18.5 Å². The molecule has 0 fully saturated rings. The zero-order chi connectivity index (χ0) is 19.2. The molecule has 27 heavy (non-hydrogen) atoms. The average molecular weight is 500 g/mol. The number of hydrogen-bond donors (Lipinski definition) is 2. The lowest BCUT2D eigenvalue weighted by Gasteiger charge is -2.13. The molecule has 140 valence electrons. The summed E-state index contributed by atoms with van der Waals surface area (Å²) in [6.07, 6.45) is 1.29. The summed E-state index contributed by atoms with van der Waals surface area (Å²) in [4.78, 5) is 17.6. The summed E-state index contributed by atoms with van der Waals surface area (Å²) >= 11 is 3.13. The molecule has 1 amide bonds. The normalized spacial score (nSPS) is 10.6. The van der Waals surface area contributed by atoms with Gasteiger partial charge in [-0.05, 0) is 64.5 Å². The summed E-state index contributed by atoms with van der Waals surface area (Å²) in [6.45, 7) is 3.81. The van der Waals surface area contributed by atoms with Gasteiger partial charge in [-0.3, -0.25) is 9.63 Å². The molecule has 0 saturated carbocycles. The van der Waals surface area contributed by atoms with Crippen molar-refractivity contribution < 1.29 is 18.8 Å². The van der Waals surface area contributed by atoms with Crippen molar-refractivity contribution in [3.8, 4) is 0 Å². The van der Waals surface area contributed by atoms with E-state index in [1.165, 1.54) is 12.3 Å². The lowest BCUT2D eigenvalue weighted by atomic mass is 10.1. The summed E-state index contributed by atoms with van der Waals surface area (Å²) in [5.74, 6) is -0.919. The van der Waals surface area contributed by atoms with E-state index < -0.39 is 11.7 Å². The van der Waals surface area contributed by atoms with E-state index in [0.29, 0.717) is 15.9 Å². The van der Waals surface area contributed by atoms with Crippen LogP contribution in [-0.4, -0.2) is 28.7 Å². The summed E-state index contributed by atoms with van der Waals surface area (Å²) in [7, 11) is 0. The lowest BCUT2D eigenvalue weighted by molar-refractivity contribution is 0.0145. The molecular formula is C17H14FIN4O3S. The molecule has 0 saturated heterocycles. The van der Waals surface area contributed by atoms with Crippen LogP contribution < -0.4 is 10.8 Å². The third kappa shape index (κ3) is 4.70. The molecule has 0 aliphatic rings. The van der Waals surface area contributed by atoms with Gasteiger partial charge in [-0.2, -0.15) is 0 Å². The zero-order valence-corrected chi connectivity index (χ0v) is 16.8. The second kappa shape index (κ2) is 9.06. The fourth-order valence-corrected chi connectivity index (χ4v) is 3.35. The Morgan fingerprint density at radius 3 is 2.96 bits per heavy atom. The first kappa shape index (κ1) is 19.5. The summed E-state index contributed by atoms with van der Waals surface area (Å²) in [5.41, 5.74) is 3.87. The number of nitrogens with one attached hydrogen (secondary N) is 2. The number of hydroxylamine groups is 1. The number of ether oxygens (including phenoxy) is 1. The minimum Gasteiger partial charge on any atom is -0.499 e. The van der Waals surface area contributed by atoms with Gasteiger partial charge in [0.15, 0.2) is 0 Å². The first-order valence-electron chi connectivity index (χ1n) is 7.72. The SMILES string of the molecule is C=COCCONC(=O)c1ccc2nnsc2c1Nc1ccc(I)cc1F. The van der Waals surface area contributed by atoms with Gasteiger partial charge in [0.05, 0.1) is 27.9 Å². The molecule has 1 aromatic heterocycles. The highest BCUT2D eigenvalue weighted by molar-refractivity contribution is 14.1. The summed E-state index contributed by atoms with van der Waals surface area (Å²) in [5, 5.41) is 6.99. The fourth-order valence-electron chi connectivity index (χ4n) is 2.23. The Balaban J connectivity index is 1.87. The Kier molecular flexibility index (Phi) is 6.53. The first-order chi connectivity index (χ1) is 13.1. The van der Waals surface area contributed by atoms with Gasteiger partial charge in [0.2, 0.25) is 0 Å². The largest absolute Gasteiger partial charge is 0.499 e. The molecule has 10 heteroatoms. The third-order valence-corrected chi connectivity index (χ3v) is 4.87. The van der Waals surface area contributed by atoms with Crippen molar-refractivity contribution in [2.45, 2.75) is 0 Å². The van der Waals surface area contributed by atoms with Crippen LogP contribution in [0, 0.1) is 9.39 Å². The van der Waals surface area contributed by atoms with Crippen LogP contribution in [0.15, 0.2) is 43.2 Å². The molecular weight excluding hydrogens is 486 g/mol. The highest BCUT2D eigenvalue weighted by Crippen LogP contribution is 2.33. The Morgan fingerprint density at radius 2 is 2.19 bits per heavy atom. The minimum absolute atomic E-state index is 0.149. The monoisotopic (exact) mass is 500 g/mol. The highest BCUT2D eigenvalue weighted by Gasteiger charge is 2.18. The maximum atomic E-state index is 14.3. The van der Waals surface area contributed by atoms with E-state index in [1.54, 1.807) is 24.3 Å². The van der Waals surface area contributed by atoms with E-state index in [9.17, 15) is 9.18 Å². The van der Waals surface area contributed by atoms with Crippen LogP contribution in [0.3, 0.4) is 0 Å². The second-order valence-electron chi connectivity index (χ2n) is 5.18. The van der Waals surface area contributed by atoms with Gasteiger partial charge < -0.3 is 10.1 Å². The van der Waals surface area contributed by atoms with Crippen molar-refractivity contribution in [2.24, 2.45) is 0 Å². The summed E-state index contributed by atoms with van der Waals surface area (Å²) < 4.78 is 24.5. The van der Waals surface area contributed by atoms with Crippen molar-refractivity contribution >= 4 is 61.6 Å².